The third-order valence-electron chi connectivity index (χ3n) is 5.23. The smallest absolute Gasteiger partial charge is 0.220 e. The van der Waals surface area contributed by atoms with Gasteiger partial charge in [0.25, 0.3) is 0 Å². The van der Waals surface area contributed by atoms with Gasteiger partial charge in [-0.3, -0.25) is 4.79 Å². The van der Waals surface area contributed by atoms with Gasteiger partial charge in [-0.05, 0) is 24.7 Å². The fraction of sp³-hybridized carbons (Fsp3) is 0.933. The Bertz CT molecular complexity index is 343. The van der Waals surface area contributed by atoms with E-state index in [1.54, 1.807) is 14.2 Å². The molecule has 1 aliphatic heterocycles. The minimum absolute atomic E-state index is 0.0804. The van der Waals surface area contributed by atoms with Gasteiger partial charge in [0.2, 0.25) is 5.91 Å². The van der Waals surface area contributed by atoms with Crippen molar-refractivity contribution in [3.8, 4) is 0 Å². The summed E-state index contributed by atoms with van der Waals surface area (Å²) in [5.74, 6) is 0.0978. The van der Waals surface area contributed by atoms with Gasteiger partial charge >= 0.3 is 0 Å². The number of aliphatic hydroxyl groups excluding tert-OH is 1. The molecular weight excluding hydrogens is 258 g/mol. The van der Waals surface area contributed by atoms with Crippen molar-refractivity contribution < 1.29 is 19.4 Å². The second-order valence-electron chi connectivity index (χ2n) is 6.11. The summed E-state index contributed by atoms with van der Waals surface area (Å²) in [7, 11) is 3.31. The first-order chi connectivity index (χ1) is 9.60. The third kappa shape index (κ3) is 2.71. The van der Waals surface area contributed by atoms with Crippen LogP contribution in [0.2, 0.25) is 0 Å². The van der Waals surface area contributed by atoms with Crippen LogP contribution in [0.3, 0.4) is 0 Å². The zero-order chi connectivity index (χ0) is 14.8. The second kappa shape index (κ2) is 6.41. The second-order valence-corrected chi connectivity index (χ2v) is 6.11. The molecule has 20 heavy (non-hydrogen) atoms. The zero-order valence-corrected chi connectivity index (χ0v) is 12.7. The Morgan fingerprint density at radius 3 is 2.60 bits per heavy atom. The Hall–Kier alpha value is -0.650. The van der Waals surface area contributed by atoms with Crippen molar-refractivity contribution in [2.45, 2.75) is 50.9 Å². The molecule has 2 fully saturated rings. The number of rotatable bonds is 4. The number of carbonyl (C=O) groups is 1. The average Bonchev–Trinajstić information content (AvgIpc) is 2.63. The molecule has 4 unspecified atom stereocenters. The molecule has 2 aliphatic rings. The number of carbonyl (C=O) groups excluding carboxylic acids is 1. The van der Waals surface area contributed by atoms with Gasteiger partial charge in [0.05, 0.1) is 0 Å². The quantitative estimate of drug-likeness (QED) is 0.764. The third-order valence-corrected chi connectivity index (χ3v) is 5.23. The highest BCUT2D eigenvalue weighted by Gasteiger charge is 2.51. The molecule has 0 radical (unpaired) electrons. The predicted molar refractivity (Wildman–Crippen MR) is 75.0 cm³/mol. The van der Waals surface area contributed by atoms with Crippen molar-refractivity contribution in [2.24, 2.45) is 17.8 Å². The summed E-state index contributed by atoms with van der Waals surface area (Å²) in [6, 6.07) is 0.0812. The van der Waals surface area contributed by atoms with E-state index < -0.39 is 5.79 Å². The van der Waals surface area contributed by atoms with Crippen LogP contribution in [0.25, 0.3) is 0 Å². The van der Waals surface area contributed by atoms with Crippen LogP contribution in [0.1, 0.15) is 39.0 Å². The molecule has 5 heteroatoms. The molecule has 0 spiro atoms. The highest BCUT2D eigenvalue weighted by Crippen LogP contribution is 2.45. The highest BCUT2D eigenvalue weighted by atomic mass is 16.7. The fourth-order valence-electron chi connectivity index (χ4n) is 4.07. The first-order valence-electron chi connectivity index (χ1n) is 7.60. The number of methoxy groups -OCH3 is 2. The van der Waals surface area contributed by atoms with Crippen LogP contribution in [0.5, 0.6) is 0 Å². The summed E-state index contributed by atoms with van der Waals surface area (Å²) in [6.45, 7) is 2.33. The topological polar surface area (TPSA) is 67.8 Å². The minimum atomic E-state index is -0.717. The molecule has 4 atom stereocenters. The summed E-state index contributed by atoms with van der Waals surface area (Å²) < 4.78 is 11.4. The largest absolute Gasteiger partial charge is 0.396 e. The summed E-state index contributed by atoms with van der Waals surface area (Å²) in [5, 5.41) is 12.7. The van der Waals surface area contributed by atoms with E-state index in [1.807, 2.05) is 0 Å². The van der Waals surface area contributed by atoms with Crippen molar-refractivity contribution in [2.75, 3.05) is 20.8 Å². The van der Waals surface area contributed by atoms with Gasteiger partial charge in [0.15, 0.2) is 5.79 Å². The Labute approximate surface area is 121 Å². The van der Waals surface area contributed by atoms with E-state index in [0.717, 1.165) is 19.3 Å². The maximum Gasteiger partial charge on any atom is 0.220 e. The van der Waals surface area contributed by atoms with Gasteiger partial charge in [-0.25, -0.2) is 0 Å². The molecule has 1 amide bonds. The Balaban J connectivity index is 2.34. The molecule has 0 aromatic heterocycles. The van der Waals surface area contributed by atoms with Crippen molar-refractivity contribution >= 4 is 5.91 Å². The van der Waals surface area contributed by atoms with Crippen LogP contribution < -0.4 is 5.32 Å². The van der Waals surface area contributed by atoms with Crippen LogP contribution in [-0.2, 0) is 14.3 Å². The molecule has 1 heterocycles. The van der Waals surface area contributed by atoms with Crippen molar-refractivity contribution in [3.63, 3.8) is 0 Å². The van der Waals surface area contributed by atoms with Crippen LogP contribution in [-0.4, -0.2) is 43.7 Å². The summed E-state index contributed by atoms with van der Waals surface area (Å²) in [5.41, 5.74) is 0. The molecule has 1 saturated carbocycles. The van der Waals surface area contributed by atoms with E-state index in [-0.39, 0.29) is 30.4 Å². The lowest BCUT2D eigenvalue weighted by molar-refractivity contribution is -0.256. The van der Waals surface area contributed by atoms with Crippen LogP contribution in [0.15, 0.2) is 0 Å². The highest BCUT2D eigenvalue weighted by molar-refractivity contribution is 5.76. The Kier molecular flexibility index (Phi) is 5.04. The first kappa shape index (κ1) is 15.7. The lowest BCUT2D eigenvalue weighted by Gasteiger charge is -2.47. The van der Waals surface area contributed by atoms with Crippen LogP contribution in [0, 0.1) is 17.8 Å². The molecule has 116 valence electrons. The maximum atomic E-state index is 12.0. The van der Waals surface area contributed by atoms with E-state index in [0.29, 0.717) is 18.8 Å². The van der Waals surface area contributed by atoms with E-state index in [2.05, 4.69) is 12.2 Å². The number of amides is 1. The number of hydrogen-bond donors (Lipinski definition) is 2. The lowest BCUT2D eigenvalue weighted by Crippen LogP contribution is -2.56. The lowest BCUT2D eigenvalue weighted by atomic mass is 9.67. The molecule has 2 rings (SSSR count). The summed E-state index contributed by atoms with van der Waals surface area (Å²) in [4.78, 5) is 12.0. The Morgan fingerprint density at radius 2 is 2.05 bits per heavy atom. The van der Waals surface area contributed by atoms with Crippen LogP contribution in [0.4, 0.5) is 0 Å². The minimum Gasteiger partial charge on any atom is -0.396 e. The molecule has 0 bridgehead atoms. The zero-order valence-electron chi connectivity index (χ0n) is 12.7. The van der Waals surface area contributed by atoms with E-state index in [4.69, 9.17) is 9.47 Å². The van der Waals surface area contributed by atoms with E-state index in [9.17, 15) is 9.90 Å². The Morgan fingerprint density at radius 1 is 1.35 bits per heavy atom. The number of ether oxygens (including phenoxy) is 2. The van der Waals surface area contributed by atoms with Gasteiger partial charge < -0.3 is 19.9 Å². The average molecular weight is 285 g/mol. The molecule has 2 N–H and O–H groups in total. The molecule has 0 aromatic rings. The molecule has 1 saturated heterocycles. The monoisotopic (exact) mass is 285 g/mol. The van der Waals surface area contributed by atoms with Crippen molar-refractivity contribution in [1.82, 2.24) is 5.32 Å². The van der Waals surface area contributed by atoms with Crippen molar-refractivity contribution in [1.29, 1.82) is 0 Å². The van der Waals surface area contributed by atoms with E-state index >= 15 is 0 Å². The first-order valence-corrected chi connectivity index (χ1v) is 7.60. The summed E-state index contributed by atoms with van der Waals surface area (Å²) in [6.07, 6.45) is 3.77. The number of hydrogen-bond acceptors (Lipinski definition) is 4. The van der Waals surface area contributed by atoms with E-state index in [1.165, 1.54) is 0 Å². The molecular formula is C15H27NO4. The molecule has 5 nitrogen and oxygen atoms in total. The maximum absolute atomic E-state index is 12.0. The fourth-order valence-corrected chi connectivity index (χ4v) is 4.07. The van der Waals surface area contributed by atoms with Gasteiger partial charge in [0, 0.05) is 45.6 Å². The molecule has 0 aromatic carbocycles. The SMILES string of the molecule is CCC1CC(CO)CC2C1NC(=O)CCC2(OC)OC. The van der Waals surface area contributed by atoms with Crippen LogP contribution >= 0.6 is 0 Å². The van der Waals surface area contributed by atoms with Crippen molar-refractivity contribution in [3.05, 3.63) is 0 Å². The van der Waals surface area contributed by atoms with Gasteiger partial charge in [0.1, 0.15) is 0 Å². The molecule has 1 aliphatic carbocycles. The number of fused-ring (bicyclic) bond motifs is 1. The predicted octanol–water partition coefficient (Wildman–Crippen LogP) is 1.30. The normalized spacial score (nSPS) is 36.9. The standard InChI is InChI=1S/C15H27NO4/c1-4-11-7-10(9-17)8-12-14(11)16-13(18)5-6-15(12,19-2)20-3/h10-12,14,17H,4-9H2,1-3H3,(H,16,18). The number of nitrogens with one attached hydrogen (secondary N) is 1. The van der Waals surface area contributed by atoms with Gasteiger partial charge in [-0.2, -0.15) is 0 Å². The number of aliphatic hydroxyl groups is 1. The summed E-state index contributed by atoms with van der Waals surface area (Å²) >= 11 is 0. The van der Waals surface area contributed by atoms with Gasteiger partial charge in [-0.15, -0.1) is 0 Å². The van der Waals surface area contributed by atoms with Gasteiger partial charge in [-0.1, -0.05) is 13.3 Å².